The molecule has 1 aromatic heterocycles. The molecule has 92 valence electrons. The molecule has 0 aromatic carbocycles. The Balaban J connectivity index is 1.88. The lowest BCUT2D eigenvalue weighted by Crippen LogP contribution is -2.53. The largest absolute Gasteiger partial charge is 0.374 e. The summed E-state index contributed by atoms with van der Waals surface area (Å²) in [5.41, 5.74) is 0. The van der Waals surface area contributed by atoms with E-state index in [0.29, 0.717) is 18.5 Å². The van der Waals surface area contributed by atoms with Gasteiger partial charge in [0.25, 0.3) is 0 Å². The Hall–Kier alpha value is -1.16. The zero-order valence-corrected chi connectivity index (χ0v) is 9.81. The van der Waals surface area contributed by atoms with Gasteiger partial charge in [-0.1, -0.05) is 12.8 Å². The molecule has 1 aliphatic heterocycles. The molecule has 0 bridgehead atoms. The van der Waals surface area contributed by atoms with E-state index >= 15 is 0 Å². The number of nitrogens with zero attached hydrogens (tertiary/aromatic N) is 2. The Morgan fingerprint density at radius 3 is 3.12 bits per heavy atom. The first-order valence-electron chi connectivity index (χ1n) is 6.35. The highest BCUT2D eigenvalue weighted by molar-refractivity contribution is 5.42. The van der Waals surface area contributed by atoms with Crippen molar-refractivity contribution in [3.63, 3.8) is 0 Å². The lowest BCUT2D eigenvalue weighted by Gasteiger charge is -2.44. The molecule has 0 radical (unpaired) electrons. The highest BCUT2D eigenvalue weighted by atomic mass is 19.1. The Labute approximate surface area is 101 Å². The maximum atomic E-state index is 13.8. The van der Waals surface area contributed by atoms with Crippen LogP contribution in [0.5, 0.6) is 0 Å². The molecule has 1 aliphatic carbocycles. The molecule has 3 rings (SSSR count). The molecule has 2 atom stereocenters. The van der Waals surface area contributed by atoms with Crippen LogP contribution in [0.15, 0.2) is 18.3 Å². The molecule has 1 saturated carbocycles. The maximum absolute atomic E-state index is 13.8. The minimum Gasteiger partial charge on any atom is -0.374 e. The van der Waals surface area contributed by atoms with Crippen LogP contribution in [0, 0.1) is 5.82 Å². The number of hydrogen-bond acceptors (Lipinski definition) is 3. The minimum absolute atomic E-state index is 0.223. The summed E-state index contributed by atoms with van der Waals surface area (Å²) < 4.78 is 19.6. The van der Waals surface area contributed by atoms with Gasteiger partial charge < -0.3 is 9.64 Å². The van der Waals surface area contributed by atoms with Crippen molar-refractivity contribution in [1.29, 1.82) is 0 Å². The van der Waals surface area contributed by atoms with Crippen LogP contribution in [0.3, 0.4) is 0 Å². The normalized spacial score (nSPS) is 28.9. The third-order valence-electron chi connectivity index (χ3n) is 3.74. The lowest BCUT2D eigenvalue weighted by molar-refractivity contribution is -0.00924. The second-order valence-corrected chi connectivity index (χ2v) is 4.76. The first-order valence-corrected chi connectivity index (χ1v) is 6.35. The summed E-state index contributed by atoms with van der Waals surface area (Å²) in [6.45, 7) is 1.42. The van der Waals surface area contributed by atoms with Crippen molar-refractivity contribution < 1.29 is 9.13 Å². The summed E-state index contributed by atoms with van der Waals surface area (Å²) in [5, 5.41) is 0. The van der Waals surface area contributed by atoms with Gasteiger partial charge in [0, 0.05) is 12.7 Å². The Kier molecular flexibility index (Phi) is 2.97. The number of fused-ring (bicyclic) bond motifs is 1. The Morgan fingerprint density at radius 2 is 2.24 bits per heavy atom. The van der Waals surface area contributed by atoms with Crippen LogP contribution < -0.4 is 4.90 Å². The third kappa shape index (κ3) is 2.02. The van der Waals surface area contributed by atoms with Crippen LogP contribution >= 0.6 is 0 Å². The van der Waals surface area contributed by atoms with Crippen molar-refractivity contribution in [1.82, 2.24) is 4.98 Å². The van der Waals surface area contributed by atoms with Gasteiger partial charge in [-0.05, 0) is 25.0 Å². The smallest absolute Gasteiger partial charge is 0.165 e. The van der Waals surface area contributed by atoms with Gasteiger partial charge in [-0.2, -0.15) is 0 Å². The first-order chi connectivity index (χ1) is 8.36. The van der Waals surface area contributed by atoms with Gasteiger partial charge in [0.1, 0.15) is 0 Å². The van der Waals surface area contributed by atoms with Crippen molar-refractivity contribution in [3.05, 3.63) is 24.1 Å². The molecule has 17 heavy (non-hydrogen) atoms. The molecule has 4 heteroatoms. The van der Waals surface area contributed by atoms with E-state index in [9.17, 15) is 4.39 Å². The summed E-state index contributed by atoms with van der Waals surface area (Å²) >= 11 is 0. The zero-order valence-electron chi connectivity index (χ0n) is 9.81. The van der Waals surface area contributed by atoms with Crippen molar-refractivity contribution in [2.45, 2.75) is 37.8 Å². The predicted octanol–water partition coefficient (Wildman–Crippen LogP) is 2.37. The number of hydrogen-bond donors (Lipinski definition) is 0. The van der Waals surface area contributed by atoms with Gasteiger partial charge in [-0.25, -0.2) is 9.37 Å². The molecule has 2 heterocycles. The van der Waals surface area contributed by atoms with E-state index in [1.54, 1.807) is 12.3 Å². The van der Waals surface area contributed by atoms with Crippen molar-refractivity contribution in [3.8, 4) is 0 Å². The molecule has 1 aromatic rings. The maximum Gasteiger partial charge on any atom is 0.165 e. The molecule has 0 unspecified atom stereocenters. The fraction of sp³-hybridized carbons (Fsp3) is 0.615. The van der Waals surface area contributed by atoms with Crippen LogP contribution in [0.1, 0.15) is 25.7 Å². The number of morpholine rings is 1. The number of anilines is 1. The molecule has 0 amide bonds. The fourth-order valence-corrected chi connectivity index (χ4v) is 2.95. The average molecular weight is 236 g/mol. The molecule has 2 aliphatic rings. The van der Waals surface area contributed by atoms with E-state index in [2.05, 4.69) is 9.88 Å². The van der Waals surface area contributed by atoms with Crippen LogP contribution in [-0.4, -0.2) is 30.3 Å². The van der Waals surface area contributed by atoms with Gasteiger partial charge >= 0.3 is 0 Å². The van der Waals surface area contributed by atoms with Crippen LogP contribution in [0.2, 0.25) is 0 Å². The van der Waals surface area contributed by atoms with E-state index < -0.39 is 0 Å². The monoisotopic (exact) mass is 236 g/mol. The second-order valence-electron chi connectivity index (χ2n) is 4.76. The fourth-order valence-electron chi connectivity index (χ4n) is 2.95. The second kappa shape index (κ2) is 4.61. The number of halogens is 1. The molecular weight excluding hydrogens is 219 g/mol. The van der Waals surface area contributed by atoms with Crippen molar-refractivity contribution in [2.24, 2.45) is 0 Å². The molecule has 3 nitrogen and oxygen atoms in total. The molecule has 0 N–H and O–H groups in total. The standard InChI is InChI=1S/C13H17FN2O/c14-10-4-3-7-15-13(10)16-8-9-17-12-6-2-1-5-11(12)16/h3-4,7,11-12H,1-2,5-6,8-9H2/t11-,12-/m1/s1. The molecule has 0 spiro atoms. The summed E-state index contributed by atoms with van der Waals surface area (Å²) in [6, 6.07) is 3.43. The number of pyridine rings is 1. The topological polar surface area (TPSA) is 25.4 Å². The van der Waals surface area contributed by atoms with Crippen LogP contribution in [-0.2, 0) is 4.74 Å². The Morgan fingerprint density at radius 1 is 1.35 bits per heavy atom. The van der Waals surface area contributed by atoms with E-state index in [-0.39, 0.29) is 11.9 Å². The summed E-state index contributed by atoms with van der Waals surface area (Å²) in [6.07, 6.45) is 6.52. The first kappa shape index (κ1) is 11.0. The van der Waals surface area contributed by atoms with Crippen molar-refractivity contribution in [2.75, 3.05) is 18.1 Å². The van der Waals surface area contributed by atoms with Gasteiger partial charge in [0.05, 0.1) is 18.8 Å². The number of rotatable bonds is 1. The lowest BCUT2D eigenvalue weighted by atomic mass is 9.90. The molecule has 2 fully saturated rings. The van der Waals surface area contributed by atoms with Gasteiger partial charge in [-0.15, -0.1) is 0 Å². The van der Waals surface area contributed by atoms with E-state index in [0.717, 1.165) is 19.4 Å². The van der Waals surface area contributed by atoms with E-state index in [4.69, 9.17) is 4.74 Å². The molecule has 1 saturated heterocycles. The van der Waals surface area contributed by atoms with Crippen LogP contribution in [0.25, 0.3) is 0 Å². The predicted molar refractivity (Wildman–Crippen MR) is 63.5 cm³/mol. The molecular formula is C13H17FN2O. The quantitative estimate of drug-likeness (QED) is 0.748. The van der Waals surface area contributed by atoms with E-state index in [1.807, 2.05) is 0 Å². The van der Waals surface area contributed by atoms with Gasteiger partial charge in [0.15, 0.2) is 11.6 Å². The number of ether oxygens (including phenoxy) is 1. The van der Waals surface area contributed by atoms with Crippen LogP contribution in [0.4, 0.5) is 10.2 Å². The van der Waals surface area contributed by atoms with E-state index in [1.165, 1.54) is 18.9 Å². The average Bonchev–Trinajstić information content (AvgIpc) is 2.39. The number of aromatic nitrogens is 1. The Bertz CT molecular complexity index is 397. The third-order valence-corrected chi connectivity index (χ3v) is 3.74. The minimum atomic E-state index is -0.223. The van der Waals surface area contributed by atoms with Crippen molar-refractivity contribution >= 4 is 5.82 Å². The summed E-state index contributed by atoms with van der Waals surface area (Å²) in [5.74, 6) is 0.270. The summed E-state index contributed by atoms with van der Waals surface area (Å²) in [4.78, 5) is 6.29. The summed E-state index contributed by atoms with van der Waals surface area (Å²) in [7, 11) is 0. The SMILES string of the molecule is Fc1cccnc1N1CCO[C@@H]2CCCC[C@H]21. The van der Waals surface area contributed by atoms with Gasteiger partial charge in [-0.3, -0.25) is 0 Å². The van der Waals surface area contributed by atoms with Gasteiger partial charge in [0.2, 0.25) is 0 Å². The highest BCUT2D eigenvalue weighted by Crippen LogP contribution is 2.31. The zero-order chi connectivity index (χ0) is 11.7. The highest BCUT2D eigenvalue weighted by Gasteiger charge is 2.35.